The fourth-order valence-corrected chi connectivity index (χ4v) is 3.29. The molecule has 1 saturated heterocycles. The van der Waals surface area contributed by atoms with Crippen molar-refractivity contribution in [3.8, 4) is 0 Å². The number of nitrogens with two attached hydrogens (primary N) is 1. The summed E-state index contributed by atoms with van der Waals surface area (Å²) in [6.45, 7) is 4.45. The van der Waals surface area contributed by atoms with Crippen molar-refractivity contribution in [2.75, 3.05) is 12.3 Å². The average molecular weight is 346 g/mol. The fourth-order valence-electron chi connectivity index (χ4n) is 3.13. The van der Waals surface area contributed by atoms with Crippen LogP contribution in [0.3, 0.4) is 0 Å². The first-order valence-electron chi connectivity index (χ1n) is 7.89. The number of ether oxygens (including phenoxy) is 1. The van der Waals surface area contributed by atoms with Crippen molar-refractivity contribution in [1.82, 2.24) is 9.88 Å². The number of pyridine rings is 1. The lowest BCUT2D eigenvalue weighted by molar-refractivity contribution is -0.0806. The lowest BCUT2D eigenvalue weighted by Crippen LogP contribution is -2.53. The van der Waals surface area contributed by atoms with Gasteiger partial charge in [0.25, 0.3) is 5.91 Å². The molecule has 1 fully saturated rings. The van der Waals surface area contributed by atoms with Crippen LogP contribution in [-0.4, -0.2) is 34.5 Å². The smallest absolute Gasteiger partial charge is 0.256 e. The second kappa shape index (κ2) is 6.79. The molecule has 0 saturated carbocycles. The maximum absolute atomic E-state index is 13.0. The number of benzene rings is 1. The van der Waals surface area contributed by atoms with E-state index in [4.69, 9.17) is 22.1 Å². The van der Waals surface area contributed by atoms with Gasteiger partial charge in [-0.1, -0.05) is 41.9 Å². The normalized spacial score (nSPS) is 24.0. The van der Waals surface area contributed by atoms with E-state index in [9.17, 15) is 4.79 Å². The van der Waals surface area contributed by atoms with E-state index < -0.39 is 0 Å². The standard InChI is InChI=1S/C18H20ClN3O2/c1-11-10-24-16(13-6-4-3-5-7-13)12(2)22(11)18(23)14-8-15(19)17(20)21-9-14/h3-9,11-12,16H,10H2,1-2H3,(H2,20,21). The van der Waals surface area contributed by atoms with Gasteiger partial charge >= 0.3 is 0 Å². The van der Waals surface area contributed by atoms with Gasteiger partial charge in [-0.2, -0.15) is 0 Å². The monoisotopic (exact) mass is 345 g/mol. The van der Waals surface area contributed by atoms with E-state index in [1.165, 1.54) is 6.20 Å². The number of hydrogen-bond donors (Lipinski definition) is 1. The van der Waals surface area contributed by atoms with Crippen molar-refractivity contribution in [3.05, 3.63) is 58.7 Å². The molecular formula is C18H20ClN3O2. The highest BCUT2D eigenvalue weighted by atomic mass is 35.5. The van der Waals surface area contributed by atoms with Crippen molar-refractivity contribution in [1.29, 1.82) is 0 Å². The lowest BCUT2D eigenvalue weighted by Gasteiger charge is -2.43. The number of nitrogen functional groups attached to an aromatic ring is 1. The highest BCUT2D eigenvalue weighted by Gasteiger charge is 2.37. The third-order valence-electron chi connectivity index (χ3n) is 4.35. The van der Waals surface area contributed by atoms with E-state index in [0.717, 1.165) is 5.56 Å². The maximum Gasteiger partial charge on any atom is 0.256 e. The van der Waals surface area contributed by atoms with Crippen LogP contribution in [0.4, 0.5) is 5.82 Å². The predicted molar refractivity (Wildman–Crippen MR) is 93.9 cm³/mol. The molecule has 0 bridgehead atoms. The van der Waals surface area contributed by atoms with Gasteiger partial charge in [-0.25, -0.2) is 4.98 Å². The summed E-state index contributed by atoms with van der Waals surface area (Å²) in [6, 6.07) is 11.4. The predicted octanol–water partition coefficient (Wildman–Crippen LogP) is 3.31. The van der Waals surface area contributed by atoms with Crippen LogP contribution in [0, 0.1) is 0 Å². The molecule has 2 N–H and O–H groups in total. The van der Waals surface area contributed by atoms with Gasteiger partial charge in [0.1, 0.15) is 11.9 Å². The Bertz CT molecular complexity index is 738. The van der Waals surface area contributed by atoms with Crippen LogP contribution in [0.25, 0.3) is 0 Å². The molecule has 0 aliphatic carbocycles. The van der Waals surface area contributed by atoms with Crippen LogP contribution < -0.4 is 5.73 Å². The SMILES string of the molecule is CC1COC(c2ccccc2)C(C)N1C(=O)c1cnc(N)c(Cl)c1. The number of aromatic nitrogens is 1. The number of halogens is 1. The summed E-state index contributed by atoms with van der Waals surface area (Å²) >= 11 is 6.01. The molecule has 0 radical (unpaired) electrons. The number of hydrogen-bond acceptors (Lipinski definition) is 4. The number of carbonyl (C=O) groups excluding carboxylic acids is 1. The maximum atomic E-state index is 13.0. The quantitative estimate of drug-likeness (QED) is 0.906. The van der Waals surface area contributed by atoms with Gasteiger partial charge in [-0.15, -0.1) is 0 Å². The van der Waals surface area contributed by atoms with E-state index in [1.54, 1.807) is 6.07 Å². The van der Waals surface area contributed by atoms with Crippen LogP contribution >= 0.6 is 11.6 Å². The third-order valence-corrected chi connectivity index (χ3v) is 4.65. The zero-order valence-corrected chi connectivity index (χ0v) is 14.4. The molecule has 3 atom stereocenters. The summed E-state index contributed by atoms with van der Waals surface area (Å²) < 4.78 is 5.99. The number of carbonyl (C=O) groups is 1. The van der Waals surface area contributed by atoms with Crippen LogP contribution in [-0.2, 0) is 4.74 Å². The van der Waals surface area contributed by atoms with Gasteiger partial charge in [0.2, 0.25) is 0 Å². The van der Waals surface area contributed by atoms with Gasteiger partial charge in [-0.3, -0.25) is 4.79 Å². The molecule has 3 unspecified atom stereocenters. The van der Waals surface area contributed by atoms with Crippen LogP contribution in [0.2, 0.25) is 5.02 Å². The molecule has 1 amide bonds. The molecule has 5 nitrogen and oxygen atoms in total. The van der Waals surface area contributed by atoms with E-state index in [0.29, 0.717) is 12.2 Å². The van der Waals surface area contributed by atoms with Crippen molar-refractivity contribution in [2.24, 2.45) is 0 Å². The molecule has 2 aromatic rings. The summed E-state index contributed by atoms with van der Waals surface area (Å²) in [5.41, 5.74) is 7.12. The van der Waals surface area contributed by atoms with E-state index >= 15 is 0 Å². The number of morpholine rings is 1. The van der Waals surface area contributed by atoms with Crippen LogP contribution in [0.5, 0.6) is 0 Å². The fraction of sp³-hybridized carbons (Fsp3) is 0.333. The van der Waals surface area contributed by atoms with E-state index in [2.05, 4.69) is 4.98 Å². The Morgan fingerprint density at radius 3 is 2.71 bits per heavy atom. The minimum absolute atomic E-state index is 0.0382. The molecule has 6 heteroatoms. The molecule has 1 aliphatic heterocycles. The Morgan fingerprint density at radius 1 is 1.33 bits per heavy atom. The lowest BCUT2D eigenvalue weighted by atomic mass is 9.98. The number of nitrogens with zero attached hydrogens (tertiary/aromatic N) is 2. The summed E-state index contributed by atoms with van der Waals surface area (Å²) in [4.78, 5) is 18.8. The number of anilines is 1. The van der Waals surface area contributed by atoms with Gasteiger partial charge in [0.15, 0.2) is 0 Å². The van der Waals surface area contributed by atoms with Gasteiger partial charge < -0.3 is 15.4 Å². The van der Waals surface area contributed by atoms with Gasteiger partial charge in [0, 0.05) is 6.20 Å². The summed E-state index contributed by atoms with van der Waals surface area (Å²) in [7, 11) is 0. The van der Waals surface area contributed by atoms with Crippen molar-refractivity contribution in [2.45, 2.75) is 32.0 Å². The van der Waals surface area contributed by atoms with Gasteiger partial charge in [0.05, 0.1) is 29.3 Å². The molecule has 24 heavy (non-hydrogen) atoms. The van der Waals surface area contributed by atoms with Crippen LogP contribution in [0.1, 0.15) is 35.9 Å². The first-order valence-corrected chi connectivity index (χ1v) is 8.27. The Kier molecular flexibility index (Phi) is 4.73. The van der Waals surface area contributed by atoms with Crippen molar-refractivity contribution >= 4 is 23.3 Å². The Labute approximate surface area is 146 Å². The molecule has 1 aromatic heterocycles. The molecule has 3 rings (SSSR count). The van der Waals surface area contributed by atoms with E-state index in [-0.39, 0.29) is 34.9 Å². The minimum atomic E-state index is -0.163. The minimum Gasteiger partial charge on any atom is -0.382 e. The first kappa shape index (κ1) is 16.7. The summed E-state index contributed by atoms with van der Waals surface area (Å²) in [6.07, 6.45) is 1.30. The van der Waals surface area contributed by atoms with Crippen molar-refractivity contribution < 1.29 is 9.53 Å². The summed E-state index contributed by atoms with van der Waals surface area (Å²) in [5.74, 6) is 0.104. The molecular weight excluding hydrogens is 326 g/mol. The summed E-state index contributed by atoms with van der Waals surface area (Å²) in [5, 5.41) is 0.286. The third kappa shape index (κ3) is 3.09. The molecule has 126 valence electrons. The van der Waals surface area contributed by atoms with E-state index in [1.807, 2.05) is 49.1 Å². The zero-order valence-electron chi connectivity index (χ0n) is 13.6. The number of amides is 1. The van der Waals surface area contributed by atoms with Crippen LogP contribution in [0.15, 0.2) is 42.6 Å². The van der Waals surface area contributed by atoms with Crippen molar-refractivity contribution in [3.63, 3.8) is 0 Å². The Morgan fingerprint density at radius 2 is 2.04 bits per heavy atom. The average Bonchev–Trinajstić information content (AvgIpc) is 2.58. The highest BCUT2D eigenvalue weighted by Crippen LogP contribution is 2.32. The first-order chi connectivity index (χ1) is 11.5. The number of rotatable bonds is 2. The van der Waals surface area contributed by atoms with Gasteiger partial charge in [-0.05, 0) is 25.5 Å². The largest absolute Gasteiger partial charge is 0.382 e. The second-order valence-corrected chi connectivity index (χ2v) is 6.46. The Balaban J connectivity index is 1.89. The molecule has 1 aromatic carbocycles. The molecule has 2 heterocycles. The second-order valence-electron chi connectivity index (χ2n) is 6.06. The molecule has 1 aliphatic rings. The highest BCUT2D eigenvalue weighted by molar-refractivity contribution is 6.33. The Hall–Kier alpha value is -2.11. The topological polar surface area (TPSA) is 68.5 Å². The zero-order chi connectivity index (χ0) is 17.3. The molecule has 0 spiro atoms.